The highest BCUT2D eigenvalue weighted by Crippen LogP contribution is 2.60. The average Bonchev–Trinajstić information content (AvgIpc) is 3.50. The van der Waals surface area contributed by atoms with Crippen LogP contribution in [-0.4, -0.2) is 81.6 Å². The van der Waals surface area contributed by atoms with E-state index in [1.54, 1.807) is 22.0 Å². The van der Waals surface area contributed by atoms with Gasteiger partial charge in [0.1, 0.15) is 11.6 Å². The molecule has 0 aromatic heterocycles. The van der Waals surface area contributed by atoms with Crippen LogP contribution in [0.3, 0.4) is 0 Å². The molecular weight excluding hydrogens is 552 g/mol. The van der Waals surface area contributed by atoms with Crippen molar-refractivity contribution in [3.63, 3.8) is 0 Å². The van der Waals surface area contributed by atoms with E-state index >= 15 is 0 Å². The number of carbonyl (C=O) groups is 3. The van der Waals surface area contributed by atoms with Crippen molar-refractivity contribution in [3.05, 3.63) is 61.2 Å². The third kappa shape index (κ3) is 5.33. The number of aliphatic hydroxyl groups excluding tert-OH is 1. The maximum atomic E-state index is 14.3. The second-order valence-corrected chi connectivity index (χ2v) is 11.4. The summed E-state index contributed by atoms with van der Waals surface area (Å²) >= 11 is 3.68. The lowest BCUT2D eigenvalue weighted by Gasteiger charge is -2.37. The fraction of sp³-hybridized carbons (Fsp3) is 0.552. The second-order valence-electron chi connectivity index (χ2n) is 10.2. The van der Waals surface area contributed by atoms with Crippen LogP contribution in [0.4, 0.5) is 0 Å². The van der Waals surface area contributed by atoms with Gasteiger partial charge in [0.2, 0.25) is 11.8 Å². The fourth-order valence-corrected chi connectivity index (χ4v) is 7.12. The Labute approximate surface area is 232 Å². The van der Waals surface area contributed by atoms with Crippen LogP contribution in [0.5, 0.6) is 0 Å². The molecule has 9 heteroatoms. The van der Waals surface area contributed by atoms with Gasteiger partial charge in [0.05, 0.1) is 24.5 Å². The molecule has 1 aromatic carbocycles. The summed E-state index contributed by atoms with van der Waals surface area (Å²) in [5.41, 5.74) is -0.170. The first-order chi connectivity index (χ1) is 18.4. The molecule has 1 N–H and O–H groups in total. The van der Waals surface area contributed by atoms with E-state index in [-0.39, 0.29) is 29.9 Å². The molecule has 3 fully saturated rings. The minimum atomic E-state index is -1.13. The molecule has 3 aliphatic rings. The lowest BCUT2D eigenvalue weighted by Crippen LogP contribution is -2.56. The van der Waals surface area contributed by atoms with Crippen LogP contribution in [0.25, 0.3) is 0 Å². The summed E-state index contributed by atoms with van der Waals surface area (Å²) in [6.45, 7) is 8.72. The van der Waals surface area contributed by atoms with E-state index in [4.69, 9.17) is 9.47 Å². The summed E-state index contributed by atoms with van der Waals surface area (Å²) in [7, 11) is 0. The Kier molecular flexibility index (Phi) is 9.44. The molecule has 38 heavy (non-hydrogen) atoms. The number of hydrogen-bond donors (Lipinski definition) is 1. The van der Waals surface area contributed by atoms with Gasteiger partial charge in [-0.1, -0.05) is 58.4 Å². The van der Waals surface area contributed by atoms with Gasteiger partial charge >= 0.3 is 5.97 Å². The molecule has 3 saturated heterocycles. The molecule has 8 nitrogen and oxygen atoms in total. The number of nitrogens with zero attached hydrogens (tertiary/aromatic N) is 2. The molecule has 2 bridgehead atoms. The molecule has 2 amide bonds. The number of allylic oxidation sites excluding steroid dienone is 1. The zero-order chi connectivity index (χ0) is 27.3. The number of halogens is 1. The third-order valence-corrected chi connectivity index (χ3v) is 8.62. The molecule has 3 aliphatic heterocycles. The molecule has 3 heterocycles. The minimum Gasteiger partial charge on any atom is -0.465 e. The number of benzene rings is 1. The Morgan fingerprint density at radius 1 is 1.21 bits per heavy atom. The summed E-state index contributed by atoms with van der Waals surface area (Å²) in [4.78, 5) is 44.6. The molecule has 3 unspecified atom stereocenters. The van der Waals surface area contributed by atoms with Crippen molar-refractivity contribution in [2.24, 2.45) is 11.8 Å². The molecule has 1 aromatic rings. The van der Waals surface area contributed by atoms with Gasteiger partial charge in [0.25, 0.3) is 0 Å². The largest absolute Gasteiger partial charge is 0.465 e. The summed E-state index contributed by atoms with van der Waals surface area (Å²) in [5.74, 6) is -2.52. The SMILES string of the molecule is C=CCCCOC(=O)[C@H]1[C@@H]2OC3(CC2Br)C(C(=O)N(CC=C)Cc2ccccc2)N(CCCCO)C(=O)[C@H]13. The zero-order valence-electron chi connectivity index (χ0n) is 21.7. The van der Waals surface area contributed by atoms with E-state index in [9.17, 15) is 19.5 Å². The maximum Gasteiger partial charge on any atom is 0.312 e. The van der Waals surface area contributed by atoms with Crippen LogP contribution < -0.4 is 0 Å². The molecule has 206 valence electrons. The van der Waals surface area contributed by atoms with Gasteiger partial charge in [-0.15, -0.1) is 13.2 Å². The van der Waals surface area contributed by atoms with E-state index in [0.29, 0.717) is 45.3 Å². The number of alkyl halides is 1. The lowest BCUT2D eigenvalue weighted by molar-refractivity contribution is -0.155. The fourth-order valence-electron chi connectivity index (χ4n) is 6.17. The molecular formula is C29H37BrN2O6. The Hall–Kier alpha value is -2.49. The van der Waals surface area contributed by atoms with E-state index in [2.05, 4.69) is 29.1 Å². The van der Waals surface area contributed by atoms with Gasteiger partial charge in [0.15, 0.2) is 0 Å². The third-order valence-electron chi connectivity index (χ3n) is 7.78. The minimum absolute atomic E-state index is 0.00643. The van der Waals surface area contributed by atoms with Crippen LogP contribution in [-0.2, 0) is 30.4 Å². The number of aliphatic hydroxyl groups is 1. The van der Waals surface area contributed by atoms with Gasteiger partial charge in [-0.2, -0.15) is 0 Å². The van der Waals surface area contributed by atoms with Crippen molar-refractivity contribution in [2.75, 3.05) is 26.3 Å². The second kappa shape index (κ2) is 12.6. The van der Waals surface area contributed by atoms with Gasteiger partial charge < -0.3 is 24.4 Å². The van der Waals surface area contributed by atoms with Crippen LogP contribution in [0, 0.1) is 11.8 Å². The number of likely N-dealkylation sites (tertiary alicyclic amines) is 1. The highest BCUT2D eigenvalue weighted by atomic mass is 79.9. The van der Waals surface area contributed by atoms with Crippen molar-refractivity contribution >= 4 is 33.7 Å². The highest BCUT2D eigenvalue weighted by molar-refractivity contribution is 9.09. The Morgan fingerprint density at radius 2 is 1.97 bits per heavy atom. The van der Waals surface area contributed by atoms with Gasteiger partial charge in [-0.3, -0.25) is 14.4 Å². The van der Waals surface area contributed by atoms with Crippen LogP contribution in [0.2, 0.25) is 0 Å². The molecule has 0 saturated carbocycles. The number of amides is 2. The van der Waals surface area contributed by atoms with Crippen LogP contribution in [0.15, 0.2) is 55.6 Å². The zero-order valence-corrected chi connectivity index (χ0v) is 23.3. The van der Waals surface area contributed by atoms with Crippen molar-refractivity contribution < 1.29 is 29.0 Å². The molecule has 1 spiro atoms. The Balaban J connectivity index is 1.66. The standard InChI is InChI=1S/C29H37BrN2O6/c1-3-5-11-17-37-28(36)22-23-26(34)32(15-9-10-16-33)25(29(23)18-21(30)24(22)38-29)27(35)31(14-4-2)19-20-12-7-6-8-13-20/h3-4,6-8,12-13,21-25,33H,1-2,5,9-11,14-19H2/t21?,22-,23+,24-,25?,29?/m1/s1. The number of hydrogen-bond acceptors (Lipinski definition) is 6. The van der Waals surface area contributed by atoms with E-state index < -0.39 is 35.6 Å². The first-order valence-corrected chi connectivity index (χ1v) is 14.3. The van der Waals surface area contributed by atoms with E-state index in [1.807, 2.05) is 30.3 Å². The lowest BCUT2D eigenvalue weighted by atomic mass is 9.70. The highest BCUT2D eigenvalue weighted by Gasteiger charge is 2.77. The van der Waals surface area contributed by atoms with Crippen molar-refractivity contribution in [1.82, 2.24) is 9.80 Å². The first kappa shape index (κ1) is 28.5. The molecule has 0 aliphatic carbocycles. The normalized spacial score (nSPS) is 29.3. The van der Waals surface area contributed by atoms with Crippen molar-refractivity contribution in [2.45, 2.75) is 61.2 Å². The summed E-state index contributed by atoms with van der Waals surface area (Å²) in [6.07, 6.45) is 5.74. The average molecular weight is 590 g/mol. The van der Waals surface area contributed by atoms with E-state index in [1.165, 1.54) is 0 Å². The monoisotopic (exact) mass is 588 g/mol. The summed E-state index contributed by atoms with van der Waals surface area (Å²) in [5, 5.41) is 9.35. The van der Waals surface area contributed by atoms with Crippen LogP contribution in [0.1, 0.15) is 37.7 Å². The van der Waals surface area contributed by atoms with Crippen LogP contribution >= 0.6 is 15.9 Å². The molecule has 6 atom stereocenters. The first-order valence-electron chi connectivity index (χ1n) is 13.3. The van der Waals surface area contributed by atoms with Gasteiger partial charge in [0, 0.05) is 31.1 Å². The maximum absolute atomic E-state index is 14.3. The van der Waals surface area contributed by atoms with Crippen molar-refractivity contribution in [1.29, 1.82) is 0 Å². The van der Waals surface area contributed by atoms with Gasteiger partial charge in [-0.05, 0) is 37.7 Å². The predicted molar refractivity (Wildman–Crippen MR) is 146 cm³/mol. The van der Waals surface area contributed by atoms with Crippen molar-refractivity contribution in [3.8, 4) is 0 Å². The quantitative estimate of drug-likeness (QED) is 0.155. The number of rotatable bonds is 14. The Bertz CT molecular complexity index is 1040. The number of ether oxygens (including phenoxy) is 2. The Morgan fingerprint density at radius 3 is 2.66 bits per heavy atom. The van der Waals surface area contributed by atoms with E-state index in [0.717, 1.165) is 12.0 Å². The topological polar surface area (TPSA) is 96.4 Å². The summed E-state index contributed by atoms with van der Waals surface area (Å²) in [6, 6.07) is 8.78. The molecule has 4 rings (SSSR count). The number of carbonyl (C=O) groups excluding carboxylic acids is 3. The number of esters is 1. The number of fused-ring (bicyclic) bond motifs is 1. The number of unbranched alkanes of at least 4 members (excludes halogenated alkanes) is 2. The van der Waals surface area contributed by atoms with Gasteiger partial charge in [-0.25, -0.2) is 0 Å². The smallest absolute Gasteiger partial charge is 0.312 e. The summed E-state index contributed by atoms with van der Waals surface area (Å²) < 4.78 is 12.1. The predicted octanol–water partition coefficient (Wildman–Crippen LogP) is 3.23. The molecule has 0 radical (unpaired) electrons.